The molecule has 23 heavy (non-hydrogen) atoms. The monoisotopic (exact) mass is 314 g/mol. The smallest absolute Gasteiger partial charge is 0.187 e. The van der Waals surface area contributed by atoms with Crippen LogP contribution in [-0.4, -0.2) is 11.9 Å². The summed E-state index contributed by atoms with van der Waals surface area (Å²) in [5.74, 6) is -2.22. The Hall–Kier alpha value is -2.76. The summed E-state index contributed by atoms with van der Waals surface area (Å²) in [4.78, 5) is 21.0. The highest BCUT2D eigenvalue weighted by molar-refractivity contribution is 5.62. The van der Waals surface area contributed by atoms with E-state index in [2.05, 4.69) is 0 Å². The van der Waals surface area contributed by atoms with Crippen LogP contribution in [0, 0.1) is 0 Å². The van der Waals surface area contributed by atoms with Crippen molar-refractivity contribution in [2.45, 2.75) is 32.4 Å². The van der Waals surface area contributed by atoms with Crippen molar-refractivity contribution in [2.75, 3.05) is 0 Å². The number of rotatable bonds is 8. The molecule has 2 aromatic rings. The molecule has 0 unspecified atom stereocenters. The zero-order chi connectivity index (χ0) is 16.7. The van der Waals surface area contributed by atoms with Crippen molar-refractivity contribution in [3.8, 4) is 0 Å². The van der Waals surface area contributed by atoms with Crippen molar-refractivity contribution in [3.63, 3.8) is 0 Å². The number of carbonyl (C=O) groups excluding carboxylic acids is 2. The van der Waals surface area contributed by atoms with E-state index in [0.717, 1.165) is 30.4 Å². The molecular weight excluding hydrogens is 296 g/mol. The Labute approximate surface area is 134 Å². The number of carboxylic acid groups (broad SMARTS) is 2. The third-order valence-electron chi connectivity index (χ3n) is 3.47. The van der Waals surface area contributed by atoms with Gasteiger partial charge in [-0.05, 0) is 30.4 Å². The number of aromatic nitrogens is 2. The summed E-state index contributed by atoms with van der Waals surface area (Å²) in [7, 11) is 0. The highest BCUT2D eigenvalue weighted by Crippen LogP contribution is 2.06. The van der Waals surface area contributed by atoms with Crippen LogP contribution in [0.1, 0.15) is 17.5 Å². The molecule has 0 radical (unpaired) electrons. The second kappa shape index (κ2) is 8.03. The summed E-state index contributed by atoms with van der Waals surface area (Å²) in [5, 5.41) is 21.0. The maximum atomic E-state index is 10.5. The first kappa shape index (κ1) is 16.6. The Bertz CT molecular complexity index is 606. The normalized spacial score (nSPS) is 10.4. The molecule has 6 nitrogen and oxygen atoms in total. The fourth-order valence-electron chi connectivity index (χ4n) is 2.32. The van der Waals surface area contributed by atoms with Crippen LogP contribution in [0.3, 0.4) is 0 Å². The molecule has 0 aromatic carbocycles. The number of aliphatic carboxylic acids is 2. The van der Waals surface area contributed by atoms with E-state index in [1.807, 2.05) is 24.3 Å². The van der Waals surface area contributed by atoms with Gasteiger partial charge >= 0.3 is 0 Å². The van der Waals surface area contributed by atoms with Gasteiger partial charge in [0, 0.05) is 24.3 Å². The number of carboxylic acids is 2. The molecule has 2 rings (SSSR count). The molecule has 2 heterocycles. The number of nitrogens with zero attached hydrogens (tertiary/aromatic N) is 2. The first-order chi connectivity index (χ1) is 11.0. The molecule has 2 aromatic heterocycles. The van der Waals surface area contributed by atoms with E-state index < -0.39 is 11.9 Å². The summed E-state index contributed by atoms with van der Waals surface area (Å²) in [5.41, 5.74) is 2.28. The molecule has 6 heteroatoms. The minimum absolute atomic E-state index is 0.143. The third-order valence-corrected chi connectivity index (χ3v) is 3.47. The van der Waals surface area contributed by atoms with Gasteiger partial charge in [0.2, 0.25) is 0 Å². The van der Waals surface area contributed by atoms with Gasteiger partial charge in [0.05, 0.1) is 0 Å². The van der Waals surface area contributed by atoms with Gasteiger partial charge in [-0.3, -0.25) is 0 Å². The number of hydrogen-bond donors (Lipinski definition) is 0. The third kappa shape index (κ3) is 5.86. The molecule has 0 aliphatic carbocycles. The van der Waals surface area contributed by atoms with Gasteiger partial charge in [0.1, 0.15) is 11.9 Å². The average molecular weight is 314 g/mol. The SMILES string of the molecule is O=C([O-])C[n+]1ccc(CCCc2cc[n+](CC(=O)[O-])cc2)cc1. The molecule has 0 fully saturated rings. The number of aryl methyl sites for hydroxylation is 2. The lowest BCUT2D eigenvalue weighted by Crippen LogP contribution is -2.43. The van der Waals surface area contributed by atoms with Crippen molar-refractivity contribution in [1.29, 1.82) is 0 Å². The summed E-state index contributed by atoms with van der Waals surface area (Å²) >= 11 is 0. The fourth-order valence-corrected chi connectivity index (χ4v) is 2.32. The molecular formula is C17H18N2O4. The molecule has 0 saturated carbocycles. The molecule has 0 bridgehead atoms. The second-order valence-electron chi connectivity index (χ2n) is 5.36. The van der Waals surface area contributed by atoms with Gasteiger partial charge in [-0.15, -0.1) is 0 Å². The van der Waals surface area contributed by atoms with Crippen molar-refractivity contribution in [2.24, 2.45) is 0 Å². The van der Waals surface area contributed by atoms with Crippen molar-refractivity contribution < 1.29 is 28.9 Å². The van der Waals surface area contributed by atoms with E-state index in [0.29, 0.717) is 0 Å². The van der Waals surface area contributed by atoms with Gasteiger partial charge in [-0.1, -0.05) is 0 Å². The zero-order valence-electron chi connectivity index (χ0n) is 12.7. The van der Waals surface area contributed by atoms with E-state index in [-0.39, 0.29) is 13.1 Å². The Balaban J connectivity index is 1.80. The van der Waals surface area contributed by atoms with Gasteiger partial charge in [-0.25, -0.2) is 0 Å². The topological polar surface area (TPSA) is 88.0 Å². The zero-order valence-corrected chi connectivity index (χ0v) is 12.7. The van der Waals surface area contributed by atoms with E-state index in [9.17, 15) is 19.8 Å². The van der Waals surface area contributed by atoms with Crippen molar-refractivity contribution >= 4 is 11.9 Å². The second-order valence-corrected chi connectivity index (χ2v) is 5.36. The number of pyridine rings is 2. The number of carbonyl (C=O) groups is 2. The van der Waals surface area contributed by atoms with E-state index in [4.69, 9.17) is 0 Å². The summed E-state index contributed by atoms with van der Waals surface area (Å²) in [6.07, 6.45) is 9.66. The minimum Gasteiger partial charge on any atom is -0.544 e. The quantitative estimate of drug-likeness (QED) is 0.524. The fraction of sp³-hybridized carbons (Fsp3) is 0.294. The largest absolute Gasteiger partial charge is 0.544 e. The lowest BCUT2D eigenvalue weighted by molar-refractivity contribution is -0.690. The van der Waals surface area contributed by atoms with Gasteiger partial charge < -0.3 is 19.8 Å². The average Bonchev–Trinajstić information content (AvgIpc) is 2.50. The first-order valence-corrected chi connectivity index (χ1v) is 7.38. The lowest BCUT2D eigenvalue weighted by atomic mass is 10.1. The van der Waals surface area contributed by atoms with Crippen LogP contribution in [0.25, 0.3) is 0 Å². The maximum Gasteiger partial charge on any atom is 0.187 e. The van der Waals surface area contributed by atoms with Crippen LogP contribution in [0.15, 0.2) is 49.1 Å². The molecule has 0 aliphatic rings. The molecule has 0 spiro atoms. The standard InChI is InChI=1S/C17H18N2O4/c20-16(21)12-18-8-4-14(5-9-18)2-1-3-15-6-10-19(11-7-15)13-17(22)23/h4-11H,1-3,12-13H2. The maximum absolute atomic E-state index is 10.5. The highest BCUT2D eigenvalue weighted by Gasteiger charge is 2.03. The van der Waals surface area contributed by atoms with Crippen molar-refractivity contribution in [3.05, 3.63) is 60.2 Å². The Morgan fingerprint density at radius 1 is 0.739 bits per heavy atom. The Morgan fingerprint density at radius 2 is 1.09 bits per heavy atom. The summed E-state index contributed by atoms with van der Waals surface area (Å²) < 4.78 is 3.12. The summed E-state index contributed by atoms with van der Waals surface area (Å²) in [6, 6.07) is 7.62. The van der Waals surface area contributed by atoms with Crippen LogP contribution < -0.4 is 19.3 Å². The molecule has 0 saturated heterocycles. The summed E-state index contributed by atoms with van der Waals surface area (Å²) in [6.45, 7) is -0.285. The lowest BCUT2D eigenvalue weighted by Gasteiger charge is -2.03. The molecule has 0 N–H and O–H groups in total. The highest BCUT2D eigenvalue weighted by atomic mass is 16.4. The van der Waals surface area contributed by atoms with Crippen LogP contribution in [0.5, 0.6) is 0 Å². The Morgan fingerprint density at radius 3 is 1.39 bits per heavy atom. The number of hydrogen-bond acceptors (Lipinski definition) is 4. The van der Waals surface area contributed by atoms with E-state index in [1.165, 1.54) is 0 Å². The molecule has 0 atom stereocenters. The van der Waals surface area contributed by atoms with Crippen LogP contribution >= 0.6 is 0 Å². The molecule has 0 aliphatic heterocycles. The van der Waals surface area contributed by atoms with Crippen molar-refractivity contribution in [1.82, 2.24) is 0 Å². The van der Waals surface area contributed by atoms with Crippen LogP contribution in [0.2, 0.25) is 0 Å². The predicted octanol–water partition coefficient (Wildman–Crippen LogP) is -2.06. The molecule has 0 amide bonds. The minimum atomic E-state index is -1.11. The molecule has 120 valence electrons. The van der Waals surface area contributed by atoms with E-state index >= 15 is 0 Å². The van der Waals surface area contributed by atoms with E-state index in [1.54, 1.807) is 33.9 Å². The Kier molecular flexibility index (Phi) is 5.80. The van der Waals surface area contributed by atoms with Gasteiger partial charge in [0.25, 0.3) is 0 Å². The van der Waals surface area contributed by atoms with Gasteiger partial charge in [-0.2, -0.15) is 9.13 Å². The van der Waals surface area contributed by atoms with Crippen LogP contribution in [0.4, 0.5) is 0 Å². The first-order valence-electron chi connectivity index (χ1n) is 7.38. The predicted molar refractivity (Wildman–Crippen MR) is 75.3 cm³/mol. The van der Waals surface area contributed by atoms with Crippen LogP contribution in [-0.2, 0) is 35.5 Å². The van der Waals surface area contributed by atoms with Gasteiger partial charge in [0.15, 0.2) is 37.9 Å².